The van der Waals surface area contributed by atoms with Crippen LogP contribution in [0.4, 0.5) is 0 Å². The highest BCUT2D eigenvalue weighted by molar-refractivity contribution is 6.20. The molecule has 9 rings (SSSR count). The monoisotopic (exact) mass is 573 g/mol. The number of pyridine rings is 1. The minimum atomic E-state index is -0.0315. The molecule has 1 aromatic heterocycles. The van der Waals surface area contributed by atoms with Gasteiger partial charge in [-0.2, -0.15) is 0 Å². The molecule has 0 aliphatic heterocycles. The highest BCUT2D eigenvalue weighted by Gasteiger charge is 2.35. The maximum Gasteiger partial charge on any atom is 0.0792 e. The van der Waals surface area contributed by atoms with E-state index in [9.17, 15) is 0 Å². The Hall–Kier alpha value is -5.53. The molecule has 0 saturated carbocycles. The highest BCUT2D eigenvalue weighted by atomic mass is 14.7. The summed E-state index contributed by atoms with van der Waals surface area (Å²) in [6.45, 7) is 4.69. The lowest BCUT2D eigenvalue weighted by molar-refractivity contribution is 0.660. The van der Waals surface area contributed by atoms with Crippen LogP contribution in [0, 0.1) is 0 Å². The van der Waals surface area contributed by atoms with E-state index in [4.69, 9.17) is 4.98 Å². The zero-order valence-electron chi connectivity index (χ0n) is 25.4. The Morgan fingerprint density at radius 2 is 1.07 bits per heavy atom. The van der Waals surface area contributed by atoms with Crippen molar-refractivity contribution in [2.75, 3.05) is 0 Å². The molecular formula is C44H31N. The topological polar surface area (TPSA) is 12.9 Å². The molecule has 0 radical (unpaired) electrons. The molecule has 212 valence electrons. The number of benzene rings is 7. The van der Waals surface area contributed by atoms with Gasteiger partial charge >= 0.3 is 0 Å². The molecule has 0 saturated heterocycles. The summed E-state index contributed by atoms with van der Waals surface area (Å²) in [5.41, 5.74) is 13.8. The van der Waals surface area contributed by atoms with Crippen molar-refractivity contribution in [3.05, 3.63) is 163 Å². The van der Waals surface area contributed by atoms with Crippen LogP contribution in [0.1, 0.15) is 25.0 Å². The molecule has 0 N–H and O–H groups in total. The molecular weight excluding hydrogens is 542 g/mol. The van der Waals surface area contributed by atoms with Gasteiger partial charge in [0.1, 0.15) is 0 Å². The largest absolute Gasteiger partial charge is 0.256 e. The van der Waals surface area contributed by atoms with Gasteiger partial charge in [0, 0.05) is 22.6 Å². The van der Waals surface area contributed by atoms with Crippen LogP contribution in [0.25, 0.3) is 77.0 Å². The minimum absolute atomic E-state index is 0.0315. The van der Waals surface area contributed by atoms with Gasteiger partial charge in [-0.15, -0.1) is 0 Å². The predicted molar refractivity (Wildman–Crippen MR) is 191 cm³/mol. The lowest BCUT2D eigenvalue weighted by atomic mass is 9.81. The molecule has 8 aromatic rings. The van der Waals surface area contributed by atoms with Crippen molar-refractivity contribution in [2.45, 2.75) is 19.3 Å². The van der Waals surface area contributed by atoms with Gasteiger partial charge in [-0.25, -0.2) is 0 Å². The minimum Gasteiger partial charge on any atom is -0.256 e. The molecule has 1 heterocycles. The van der Waals surface area contributed by atoms with Crippen LogP contribution in [0.5, 0.6) is 0 Å². The number of aromatic nitrogens is 1. The first-order valence-electron chi connectivity index (χ1n) is 15.7. The van der Waals surface area contributed by atoms with Gasteiger partial charge in [0.2, 0.25) is 0 Å². The second-order valence-corrected chi connectivity index (χ2v) is 12.8. The van der Waals surface area contributed by atoms with E-state index in [2.05, 4.69) is 159 Å². The zero-order valence-corrected chi connectivity index (χ0v) is 25.4. The van der Waals surface area contributed by atoms with Crippen LogP contribution < -0.4 is 0 Å². The fraction of sp³-hybridized carbons (Fsp3) is 0.0682. The van der Waals surface area contributed by atoms with Crippen LogP contribution in [0.2, 0.25) is 0 Å². The average Bonchev–Trinajstić information content (AvgIpc) is 3.32. The van der Waals surface area contributed by atoms with Crippen molar-refractivity contribution in [3.8, 4) is 44.5 Å². The van der Waals surface area contributed by atoms with Crippen molar-refractivity contribution in [1.82, 2.24) is 4.98 Å². The van der Waals surface area contributed by atoms with Gasteiger partial charge in [-0.05, 0) is 95.9 Å². The van der Waals surface area contributed by atoms with E-state index in [0.717, 1.165) is 5.52 Å². The summed E-state index contributed by atoms with van der Waals surface area (Å²) in [6, 6.07) is 53.4. The fourth-order valence-electron chi connectivity index (χ4n) is 7.68. The Labute approximate surface area is 263 Å². The molecule has 1 aliphatic rings. The summed E-state index contributed by atoms with van der Waals surface area (Å²) >= 11 is 0. The van der Waals surface area contributed by atoms with Crippen molar-refractivity contribution in [3.63, 3.8) is 0 Å². The SMILES string of the molecule is CC1(C)c2ccccc2-c2ccc(-c3cccc(-c4c5ccccc5c(-c5ccc6ccccc6c5)c5ncccc45)c3)cc21. The number of nitrogens with zero attached hydrogens (tertiary/aromatic N) is 1. The lowest BCUT2D eigenvalue weighted by Crippen LogP contribution is -2.14. The number of hydrogen-bond acceptors (Lipinski definition) is 1. The van der Waals surface area contributed by atoms with Crippen LogP contribution in [0.15, 0.2) is 152 Å². The smallest absolute Gasteiger partial charge is 0.0792 e. The van der Waals surface area contributed by atoms with Gasteiger partial charge in [-0.1, -0.05) is 135 Å². The molecule has 0 amide bonds. The molecule has 1 heteroatoms. The molecule has 0 atom stereocenters. The molecule has 0 bridgehead atoms. The van der Waals surface area contributed by atoms with Crippen LogP contribution in [-0.4, -0.2) is 4.98 Å². The first-order valence-corrected chi connectivity index (χ1v) is 15.7. The Kier molecular flexibility index (Phi) is 5.61. The van der Waals surface area contributed by atoms with Crippen molar-refractivity contribution in [2.24, 2.45) is 0 Å². The Morgan fingerprint density at radius 3 is 1.96 bits per heavy atom. The average molecular weight is 574 g/mol. The third kappa shape index (κ3) is 3.90. The van der Waals surface area contributed by atoms with E-state index >= 15 is 0 Å². The maximum atomic E-state index is 5.03. The Morgan fingerprint density at radius 1 is 0.422 bits per heavy atom. The van der Waals surface area contributed by atoms with Gasteiger partial charge in [0.25, 0.3) is 0 Å². The number of fused-ring (bicyclic) bond motifs is 6. The third-order valence-corrected chi connectivity index (χ3v) is 9.89. The van der Waals surface area contributed by atoms with E-state index in [1.54, 1.807) is 0 Å². The van der Waals surface area contributed by atoms with Gasteiger partial charge in [0.05, 0.1) is 5.52 Å². The molecule has 0 spiro atoms. The van der Waals surface area contributed by atoms with Crippen molar-refractivity contribution >= 4 is 32.4 Å². The summed E-state index contributed by atoms with van der Waals surface area (Å²) in [5, 5.41) is 6.11. The normalized spacial score (nSPS) is 13.3. The van der Waals surface area contributed by atoms with Gasteiger partial charge < -0.3 is 0 Å². The molecule has 1 nitrogen and oxygen atoms in total. The van der Waals surface area contributed by atoms with Crippen LogP contribution in [0.3, 0.4) is 0 Å². The van der Waals surface area contributed by atoms with E-state index in [1.165, 1.54) is 82.6 Å². The molecule has 0 fully saturated rings. The standard InChI is InChI=1S/C44H31N/c1-44(2)39-19-8-7-15-34(39)35-23-22-31(27-40(35)44)30-13-9-14-32(26-30)41-36-16-5-6-17-37(36)42(43-38(41)18-10-24-45-43)33-21-20-28-11-3-4-12-29(28)25-33/h3-27H,1-2H3. The number of hydrogen-bond donors (Lipinski definition) is 0. The second-order valence-electron chi connectivity index (χ2n) is 12.8. The predicted octanol–water partition coefficient (Wildman–Crippen LogP) is 11.8. The third-order valence-electron chi connectivity index (χ3n) is 9.89. The van der Waals surface area contributed by atoms with Crippen molar-refractivity contribution < 1.29 is 0 Å². The van der Waals surface area contributed by atoms with Crippen molar-refractivity contribution in [1.29, 1.82) is 0 Å². The van der Waals surface area contributed by atoms with Gasteiger partial charge in [-0.3, -0.25) is 4.98 Å². The molecule has 0 unspecified atom stereocenters. The van der Waals surface area contributed by atoms with Crippen LogP contribution >= 0.6 is 0 Å². The maximum absolute atomic E-state index is 5.03. The highest BCUT2D eigenvalue weighted by Crippen LogP contribution is 2.50. The van der Waals surface area contributed by atoms with E-state index in [1.807, 2.05) is 6.20 Å². The summed E-state index contributed by atoms with van der Waals surface area (Å²) in [4.78, 5) is 5.03. The van der Waals surface area contributed by atoms with E-state index < -0.39 is 0 Å². The number of rotatable bonds is 3. The molecule has 1 aliphatic carbocycles. The van der Waals surface area contributed by atoms with Gasteiger partial charge in [0.15, 0.2) is 0 Å². The van der Waals surface area contributed by atoms with Crippen LogP contribution in [-0.2, 0) is 5.41 Å². The first kappa shape index (κ1) is 25.9. The summed E-state index contributed by atoms with van der Waals surface area (Å²) in [5.74, 6) is 0. The second kappa shape index (κ2) is 9.74. The summed E-state index contributed by atoms with van der Waals surface area (Å²) in [7, 11) is 0. The zero-order chi connectivity index (χ0) is 30.1. The quantitative estimate of drug-likeness (QED) is 0.192. The van der Waals surface area contributed by atoms with E-state index in [-0.39, 0.29) is 5.41 Å². The summed E-state index contributed by atoms with van der Waals surface area (Å²) < 4.78 is 0. The first-order chi connectivity index (χ1) is 22.1. The molecule has 7 aromatic carbocycles. The Bertz CT molecular complexity index is 2410. The van der Waals surface area contributed by atoms with E-state index in [0.29, 0.717) is 0 Å². The molecule has 45 heavy (non-hydrogen) atoms. The Balaban J connectivity index is 1.25. The summed E-state index contributed by atoms with van der Waals surface area (Å²) in [6.07, 6.45) is 1.92. The lowest BCUT2D eigenvalue weighted by Gasteiger charge is -2.22. The fourth-order valence-corrected chi connectivity index (χ4v) is 7.68.